The van der Waals surface area contributed by atoms with Gasteiger partial charge in [-0.2, -0.15) is 0 Å². The molecule has 0 atom stereocenters. The summed E-state index contributed by atoms with van der Waals surface area (Å²) < 4.78 is 32.5. The van der Waals surface area contributed by atoms with Gasteiger partial charge in [-0.05, 0) is 24.3 Å². The quantitative estimate of drug-likeness (QED) is 0.734. The fourth-order valence-corrected chi connectivity index (χ4v) is 2.88. The molecule has 0 aliphatic heterocycles. The predicted octanol–water partition coefficient (Wildman–Crippen LogP) is 4.05. The number of anilines is 1. The molecular formula is C17H12F2N2O3S. The second kappa shape index (κ2) is 6.86. The highest BCUT2D eigenvalue weighted by atomic mass is 32.1. The molecule has 3 aromatic rings. The summed E-state index contributed by atoms with van der Waals surface area (Å²) in [5, 5.41) is 13.9. The van der Waals surface area contributed by atoms with E-state index in [1.807, 2.05) is 0 Å². The van der Waals surface area contributed by atoms with Crippen molar-refractivity contribution in [3.63, 3.8) is 0 Å². The number of benzene rings is 2. The minimum absolute atomic E-state index is 0.0228. The van der Waals surface area contributed by atoms with Crippen molar-refractivity contribution in [3.05, 3.63) is 59.0 Å². The predicted molar refractivity (Wildman–Crippen MR) is 90.1 cm³/mol. The van der Waals surface area contributed by atoms with Crippen molar-refractivity contribution < 1.29 is 23.4 Å². The zero-order valence-electron chi connectivity index (χ0n) is 12.9. The normalized spacial score (nSPS) is 10.5. The summed E-state index contributed by atoms with van der Waals surface area (Å²) in [5.41, 5.74) is -0.156. The summed E-state index contributed by atoms with van der Waals surface area (Å²) in [6.07, 6.45) is 0. The lowest BCUT2D eigenvalue weighted by molar-refractivity contribution is 0.102. The lowest BCUT2D eigenvalue weighted by atomic mass is 10.1. The highest BCUT2D eigenvalue weighted by molar-refractivity contribution is 7.14. The van der Waals surface area contributed by atoms with Crippen LogP contribution in [0.15, 0.2) is 41.8 Å². The van der Waals surface area contributed by atoms with Gasteiger partial charge in [0.25, 0.3) is 5.91 Å². The largest absolute Gasteiger partial charge is 0.507 e. The highest BCUT2D eigenvalue weighted by Crippen LogP contribution is 2.30. The van der Waals surface area contributed by atoms with Gasteiger partial charge in [-0.3, -0.25) is 10.1 Å². The molecule has 2 N–H and O–H groups in total. The number of amides is 1. The summed E-state index contributed by atoms with van der Waals surface area (Å²) in [5.74, 6) is -1.93. The summed E-state index contributed by atoms with van der Waals surface area (Å²) in [7, 11) is 1.44. The van der Waals surface area contributed by atoms with Crippen LogP contribution in [-0.4, -0.2) is 23.1 Å². The Hall–Kier alpha value is -3.00. The van der Waals surface area contributed by atoms with E-state index in [1.54, 1.807) is 0 Å². The minimum Gasteiger partial charge on any atom is -0.507 e. The molecule has 0 saturated heterocycles. The maximum Gasteiger partial charge on any atom is 0.261 e. The molecule has 0 unspecified atom stereocenters. The number of ether oxygens (including phenoxy) is 1. The van der Waals surface area contributed by atoms with Crippen LogP contribution >= 0.6 is 11.3 Å². The van der Waals surface area contributed by atoms with Gasteiger partial charge < -0.3 is 9.84 Å². The first-order chi connectivity index (χ1) is 12.0. The van der Waals surface area contributed by atoms with Gasteiger partial charge in [-0.1, -0.05) is 6.07 Å². The van der Waals surface area contributed by atoms with Crippen molar-refractivity contribution >= 4 is 22.4 Å². The smallest absolute Gasteiger partial charge is 0.261 e. The molecule has 5 nitrogen and oxygen atoms in total. The second-order valence-corrected chi connectivity index (χ2v) is 5.83. The van der Waals surface area contributed by atoms with Gasteiger partial charge in [0.2, 0.25) is 0 Å². The van der Waals surface area contributed by atoms with Crippen molar-refractivity contribution in [2.45, 2.75) is 0 Å². The zero-order chi connectivity index (χ0) is 18.0. The van der Waals surface area contributed by atoms with Crippen LogP contribution in [-0.2, 0) is 0 Å². The van der Waals surface area contributed by atoms with Gasteiger partial charge in [-0.25, -0.2) is 13.8 Å². The number of aromatic nitrogens is 1. The molecule has 8 heteroatoms. The molecule has 128 valence electrons. The fraction of sp³-hybridized carbons (Fsp3) is 0.0588. The number of phenolic OH excluding ortho intramolecular Hbond substituents is 1. The van der Waals surface area contributed by atoms with Crippen LogP contribution in [0.25, 0.3) is 11.3 Å². The number of nitrogens with zero attached hydrogens (tertiary/aromatic N) is 1. The number of phenols is 1. The van der Waals surface area contributed by atoms with Gasteiger partial charge in [0, 0.05) is 11.4 Å². The molecule has 1 heterocycles. The number of nitrogens with one attached hydrogen (secondary N) is 1. The molecule has 25 heavy (non-hydrogen) atoms. The van der Waals surface area contributed by atoms with Gasteiger partial charge >= 0.3 is 0 Å². The van der Waals surface area contributed by atoms with Gasteiger partial charge in [0.05, 0.1) is 23.9 Å². The summed E-state index contributed by atoms with van der Waals surface area (Å²) in [6, 6.07) is 7.74. The number of carbonyl (C=O) groups is 1. The molecule has 0 bridgehead atoms. The van der Waals surface area contributed by atoms with E-state index < -0.39 is 17.5 Å². The van der Waals surface area contributed by atoms with Crippen molar-refractivity contribution in [1.29, 1.82) is 0 Å². The zero-order valence-corrected chi connectivity index (χ0v) is 13.7. The number of hydrogen-bond donors (Lipinski definition) is 2. The fourth-order valence-electron chi connectivity index (χ4n) is 2.18. The number of rotatable bonds is 4. The van der Waals surface area contributed by atoms with E-state index in [2.05, 4.69) is 10.3 Å². The van der Waals surface area contributed by atoms with Gasteiger partial charge in [0.1, 0.15) is 23.1 Å². The Balaban J connectivity index is 1.83. The number of thiazole rings is 1. The van der Waals surface area contributed by atoms with Crippen molar-refractivity contribution in [2.24, 2.45) is 0 Å². The molecule has 2 aromatic carbocycles. The SMILES string of the molecule is COc1ccc(C(=O)Nc2nc(-c3c(F)cccc3F)cs2)c(O)c1. The van der Waals surface area contributed by atoms with Crippen LogP contribution in [0.3, 0.4) is 0 Å². The molecule has 1 amide bonds. The Bertz CT molecular complexity index is 923. The van der Waals surface area contributed by atoms with Crippen LogP contribution in [0.4, 0.5) is 13.9 Å². The van der Waals surface area contributed by atoms with E-state index in [4.69, 9.17) is 4.74 Å². The summed E-state index contributed by atoms with van der Waals surface area (Å²) in [6.45, 7) is 0. The Morgan fingerprint density at radius 1 is 1.24 bits per heavy atom. The van der Waals surface area contributed by atoms with Gasteiger partial charge in [0.15, 0.2) is 5.13 Å². The Morgan fingerprint density at radius 3 is 2.60 bits per heavy atom. The molecule has 0 radical (unpaired) electrons. The monoisotopic (exact) mass is 362 g/mol. The minimum atomic E-state index is -0.740. The van der Waals surface area contributed by atoms with Crippen LogP contribution in [0, 0.1) is 11.6 Å². The molecule has 0 aliphatic rings. The molecule has 3 rings (SSSR count). The molecule has 0 fully saturated rings. The average Bonchev–Trinajstić information content (AvgIpc) is 3.02. The molecule has 0 saturated carbocycles. The molecular weight excluding hydrogens is 350 g/mol. The number of aromatic hydroxyl groups is 1. The molecule has 0 aliphatic carbocycles. The van der Waals surface area contributed by atoms with Crippen molar-refractivity contribution in [3.8, 4) is 22.8 Å². The number of methoxy groups -OCH3 is 1. The summed E-state index contributed by atoms with van der Waals surface area (Å²) in [4.78, 5) is 16.3. The highest BCUT2D eigenvalue weighted by Gasteiger charge is 2.17. The first-order valence-electron chi connectivity index (χ1n) is 7.08. The molecule has 0 spiro atoms. The van der Waals surface area contributed by atoms with E-state index in [9.17, 15) is 18.7 Å². The third-order valence-corrected chi connectivity index (χ3v) is 4.15. The van der Waals surface area contributed by atoms with Crippen molar-refractivity contribution in [2.75, 3.05) is 12.4 Å². The first-order valence-corrected chi connectivity index (χ1v) is 7.96. The van der Waals surface area contributed by atoms with E-state index in [0.717, 1.165) is 23.5 Å². The average molecular weight is 362 g/mol. The lowest BCUT2D eigenvalue weighted by Crippen LogP contribution is -2.12. The Labute approximate surface area is 145 Å². The van der Waals surface area contributed by atoms with Crippen LogP contribution in [0.2, 0.25) is 0 Å². The second-order valence-electron chi connectivity index (χ2n) is 4.97. The topological polar surface area (TPSA) is 71.5 Å². The van der Waals surface area contributed by atoms with Crippen molar-refractivity contribution in [1.82, 2.24) is 4.98 Å². The number of halogens is 2. The maximum atomic E-state index is 13.8. The van der Waals surface area contributed by atoms with Crippen LogP contribution < -0.4 is 10.1 Å². The third-order valence-electron chi connectivity index (χ3n) is 3.39. The van der Waals surface area contributed by atoms with Crippen LogP contribution in [0.1, 0.15) is 10.4 Å². The van der Waals surface area contributed by atoms with Gasteiger partial charge in [-0.15, -0.1) is 11.3 Å². The van der Waals surface area contributed by atoms with Crippen LogP contribution in [0.5, 0.6) is 11.5 Å². The number of carbonyl (C=O) groups excluding carboxylic acids is 1. The van der Waals surface area contributed by atoms with E-state index in [-0.39, 0.29) is 27.7 Å². The summed E-state index contributed by atoms with van der Waals surface area (Å²) >= 11 is 1.02. The molecule has 1 aromatic heterocycles. The number of hydrogen-bond acceptors (Lipinski definition) is 5. The maximum absolute atomic E-state index is 13.8. The Morgan fingerprint density at radius 2 is 1.96 bits per heavy atom. The third kappa shape index (κ3) is 3.43. The lowest BCUT2D eigenvalue weighted by Gasteiger charge is -2.06. The first kappa shape index (κ1) is 16.8. The van der Waals surface area contributed by atoms with E-state index >= 15 is 0 Å². The van der Waals surface area contributed by atoms with E-state index in [1.165, 1.54) is 36.8 Å². The van der Waals surface area contributed by atoms with E-state index in [0.29, 0.717) is 5.75 Å². The standard InChI is InChI=1S/C17H12F2N2O3S/c1-24-9-5-6-10(14(22)7-9)16(23)21-17-20-13(8-25-17)15-11(18)3-2-4-12(15)19/h2-8,22H,1H3,(H,20,21,23). The Kier molecular flexibility index (Phi) is 4.62.